The van der Waals surface area contributed by atoms with Gasteiger partial charge in [0.15, 0.2) is 9.84 Å². The first-order chi connectivity index (χ1) is 7.98. The van der Waals surface area contributed by atoms with Gasteiger partial charge < -0.3 is 10.1 Å². The van der Waals surface area contributed by atoms with Crippen LogP contribution in [0.4, 0.5) is 0 Å². The van der Waals surface area contributed by atoms with Crippen LogP contribution < -0.4 is 5.32 Å². The first-order valence-corrected chi connectivity index (χ1v) is 7.54. The molecule has 1 saturated heterocycles. The van der Waals surface area contributed by atoms with E-state index in [4.69, 9.17) is 16.3 Å². The number of nitrogens with one attached hydrogen (secondary N) is 1. The topological polar surface area (TPSA) is 55.4 Å². The molecule has 0 radical (unpaired) electrons. The average molecular weight is 276 g/mol. The lowest BCUT2D eigenvalue weighted by molar-refractivity contribution is -0.00586. The molecule has 2 rings (SSSR count). The standard InChI is InChI=1S/C11H14ClNO3S/c1-17(14,15)11-4-2-3-10(12)9(11)5-13-8-6-16-7-8/h2-4,8,13H,5-7H2,1H3. The van der Waals surface area contributed by atoms with E-state index in [1.54, 1.807) is 18.2 Å². The molecule has 0 saturated carbocycles. The molecule has 17 heavy (non-hydrogen) atoms. The van der Waals surface area contributed by atoms with Gasteiger partial charge in [-0.2, -0.15) is 0 Å². The van der Waals surface area contributed by atoms with Crippen LogP contribution in [-0.4, -0.2) is 33.9 Å². The zero-order valence-corrected chi connectivity index (χ0v) is 11.0. The van der Waals surface area contributed by atoms with E-state index in [0.29, 0.717) is 36.4 Å². The minimum atomic E-state index is -3.25. The van der Waals surface area contributed by atoms with Crippen LogP contribution in [0.3, 0.4) is 0 Å². The van der Waals surface area contributed by atoms with E-state index >= 15 is 0 Å². The van der Waals surface area contributed by atoms with Gasteiger partial charge in [-0.15, -0.1) is 0 Å². The number of benzene rings is 1. The summed E-state index contributed by atoms with van der Waals surface area (Å²) in [7, 11) is -3.25. The van der Waals surface area contributed by atoms with Crippen molar-refractivity contribution < 1.29 is 13.2 Å². The van der Waals surface area contributed by atoms with Gasteiger partial charge in [-0.3, -0.25) is 0 Å². The van der Waals surface area contributed by atoms with Crippen molar-refractivity contribution in [1.29, 1.82) is 0 Å². The van der Waals surface area contributed by atoms with E-state index in [-0.39, 0.29) is 4.90 Å². The molecule has 1 aliphatic rings. The maximum atomic E-state index is 11.6. The highest BCUT2D eigenvalue weighted by Gasteiger charge is 2.20. The average Bonchev–Trinajstić information content (AvgIpc) is 2.16. The number of hydrogen-bond acceptors (Lipinski definition) is 4. The molecule has 1 N–H and O–H groups in total. The second-order valence-electron chi connectivity index (χ2n) is 4.10. The van der Waals surface area contributed by atoms with Crippen LogP contribution in [0.5, 0.6) is 0 Å². The molecule has 0 aliphatic carbocycles. The highest BCUT2D eigenvalue weighted by atomic mass is 35.5. The van der Waals surface area contributed by atoms with Crippen molar-refractivity contribution in [3.05, 3.63) is 28.8 Å². The van der Waals surface area contributed by atoms with Gasteiger partial charge in [0.2, 0.25) is 0 Å². The maximum absolute atomic E-state index is 11.6. The minimum absolute atomic E-state index is 0.290. The van der Waals surface area contributed by atoms with E-state index in [9.17, 15) is 8.42 Å². The molecule has 1 aromatic carbocycles. The van der Waals surface area contributed by atoms with Crippen LogP contribution in [0.1, 0.15) is 5.56 Å². The Kier molecular flexibility index (Phi) is 3.73. The number of rotatable bonds is 4. The highest BCUT2D eigenvalue weighted by molar-refractivity contribution is 7.90. The van der Waals surface area contributed by atoms with Crippen molar-refractivity contribution in [1.82, 2.24) is 5.32 Å². The molecule has 1 aromatic rings. The summed E-state index contributed by atoms with van der Waals surface area (Å²) in [5, 5.41) is 3.69. The molecule has 94 valence electrons. The Morgan fingerprint density at radius 1 is 1.47 bits per heavy atom. The molecular formula is C11H14ClNO3S. The van der Waals surface area contributed by atoms with Crippen LogP contribution in [-0.2, 0) is 21.1 Å². The predicted molar refractivity (Wildman–Crippen MR) is 66.0 cm³/mol. The molecule has 0 amide bonds. The smallest absolute Gasteiger partial charge is 0.175 e. The quantitative estimate of drug-likeness (QED) is 0.898. The maximum Gasteiger partial charge on any atom is 0.175 e. The molecule has 4 nitrogen and oxygen atoms in total. The highest BCUT2D eigenvalue weighted by Crippen LogP contribution is 2.24. The Labute approximate surface area is 106 Å². The summed E-state index contributed by atoms with van der Waals surface area (Å²) < 4.78 is 28.3. The molecule has 0 unspecified atom stereocenters. The molecule has 1 fully saturated rings. The Bertz CT molecular complexity index is 511. The van der Waals surface area contributed by atoms with Crippen LogP contribution >= 0.6 is 11.6 Å². The third-order valence-electron chi connectivity index (χ3n) is 2.68. The normalized spacial score (nSPS) is 16.8. The van der Waals surface area contributed by atoms with Crippen LogP contribution in [0.25, 0.3) is 0 Å². The molecule has 1 aliphatic heterocycles. The van der Waals surface area contributed by atoms with E-state index in [0.717, 1.165) is 0 Å². The van der Waals surface area contributed by atoms with Crippen LogP contribution in [0.2, 0.25) is 5.02 Å². The summed E-state index contributed by atoms with van der Waals surface area (Å²) in [6, 6.07) is 5.22. The van der Waals surface area contributed by atoms with Crippen molar-refractivity contribution in [2.24, 2.45) is 0 Å². The SMILES string of the molecule is CS(=O)(=O)c1cccc(Cl)c1CNC1COC1. The van der Waals surface area contributed by atoms with Crippen molar-refractivity contribution in [2.75, 3.05) is 19.5 Å². The zero-order valence-electron chi connectivity index (χ0n) is 9.44. The molecule has 1 heterocycles. The van der Waals surface area contributed by atoms with Crippen molar-refractivity contribution in [3.8, 4) is 0 Å². The summed E-state index contributed by atoms with van der Waals surface area (Å²) in [5.74, 6) is 0. The lowest BCUT2D eigenvalue weighted by Crippen LogP contribution is -2.45. The summed E-state index contributed by atoms with van der Waals surface area (Å²) in [6.07, 6.45) is 1.19. The lowest BCUT2D eigenvalue weighted by atomic mass is 10.2. The largest absolute Gasteiger partial charge is 0.378 e. The number of hydrogen-bond donors (Lipinski definition) is 1. The van der Waals surface area contributed by atoms with E-state index < -0.39 is 9.84 Å². The van der Waals surface area contributed by atoms with Gasteiger partial charge in [-0.25, -0.2) is 8.42 Å². The lowest BCUT2D eigenvalue weighted by Gasteiger charge is -2.27. The Morgan fingerprint density at radius 3 is 2.71 bits per heavy atom. The summed E-state index contributed by atoms with van der Waals surface area (Å²) >= 11 is 6.04. The number of ether oxygens (including phenoxy) is 1. The second-order valence-corrected chi connectivity index (χ2v) is 6.50. The fourth-order valence-corrected chi connectivity index (χ4v) is 2.91. The van der Waals surface area contributed by atoms with Crippen molar-refractivity contribution in [2.45, 2.75) is 17.5 Å². The van der Waals surface area contributed by atoms with Crippen LogP contribution in [0.15, 0.2) is 23.1 Å². The molecular weight excluding hydrogens is 262 g/mol. The first-order valence-electron chi connectivity index (χ1n) is 5.27. The fraction of sp³-hybridized carbons (Fsp3) is 0.455. The predicted octanol–water partition coefficient (Wildman–Crippen LogP) is 1.23. The van der Waals surface area contributed by atoms with Crippen LogP contribution in [0, 0.1) is 0 Å². The van der Waals surface area contributed by atoms with Gasteiger partial charge in [0.1, 0.15) is 0 Å². The number of sulfone groups is 1. The molecule has 0 aromatic heterocycles. The second kappa shape index (κ2) is 4.94. The Balaban J connectivity index is 2.23. The molecule has 0 bridgehead atoms. The summed E-state index contributed by atoms with van der Waals surface area (Å²) in [4.78, 5) is 0.290. The van der Waals surface area contributed by atoms with E-state index in [1.807, 2.05) is 0 Å². The molecule has 0 atom stereocenters. The first kappa shape index (κ1) is 12.8. The molecule has 0 spiro atoms. The van der Waals surface area contributed by atoms with E-state index in [1.165, 1.54) is 6.26 Å². The Hall–Kier alpha value is -0.620. The van der Waals surface area contributed by atoms with E-state index in [2.05, 4.69) is 5.32 Å². The zero-order chi connectivity index (χ0) is 12.5. The monoisotopic (exact) mass is 275 g/mol. The van der Waals surface area contributed by atoms with Gasteiger partial charge in [-0.05, 0) is 12.1 Å². The summed E-state index contributed by atoms with van der Waals surface area (Å²) in [5.41, 5.74) is 0.628. The minimum Gasteiger partial charge on any atom is -0.378 e. The van der Waals surface area contributed by atoms with Crippen molar-refractivity contribution in [3.63, 3.8) is 0 Å². The van der Waals surface area contributed by atoms with Gasteiger partial charge in [0.25, 0.3) is 0 Å². The van der Waals surface area contributed by atoms with Gasteiger partial charge >= 0.3 is 0 Å². The molecule has 6 heteroatoms. The third kappa shape index (κ3) is 2.98. The summed E-state index contributed by atoms with van der Waals surface area (Å²) in [6.45, 7) is 1.77. The number of halogens is 1. The van der Waals surface area contributed by atoms with Gasteiger partial charge in [-0.1, -0.05) is 17.7 Å². The third-order valence-corrected chi connectivity index (χ3v) is 4.22. The fourth-order valence-electron chi connectivity index (χ4n) is 1.66. The van der Waals surface area contributed by atoms with Gasteiger partial charge in [0, 0.05) is 23.4 Å². The van der Waals surface area contributed by atoms with Crippen molar-refractivity contribution >= 4 is 21.4 Å². The Morgan fingerprint density at radius 2 is 2.18 bits per heavy atom. The van der Waals surface area contributed by atoms with Gasteiger partial charge in [0.05, 0.1) is 24.2 Å².